The molecule has 9 heteroatoms. The number of carbonyl (C=O) groups excluding carboxylic acids is 2. The summed E-state index contributed by atoms with van der Waals surface area (Å²) in [6, 6.07) is 18.6. The van der Waals surface area contributed by atoms with E-state index in [4.69, 9.17) is 11.6 Å². The molecule has 0 aliphatic rings. The van der Waals surface area contributed by atoms with E-state index in [0.717, 1.165) is 4.68 Å². The van der Waals surface area contributed by atoms with Gasteiger partial charge in [-0.1, -0.05) is 48.0 Å². The van der Waals surface area contributed by atoms with Gasteiger partial charge in [-0.2, -0.15) is 5.10 Å². The Kier molecular flexibility index (Phi) is 5.96. The summed E-state index contributed by atoms with van der Waals surface area (Å²) in [4.78, 5) is 41.7. The highest BCUT2D eigenvalue weighted by Crippen LogP contribution is 2.29. The van der Waals surface area contributed by atoms with Crippen molar-refractivity contribution in [1.82, 2.24) is 25.6 Å². The number of halogens is 1. The van der Waals surface area contributed by atoms with Crippen molar-refractivity contribution in [3.63, 3.8) is 0 Å². The molecule has 2 aromatic heterocycles. The van der Waals surface area contributed by atoms with Gasteiger partial charge in [-0.15, -0.1) is 0 Å². The number of para-hydroxylation sites is 1. The average molecular weight is 448 g/mol. The summed E-state index contributed by atoms with van der Waals surface area (Å²) in [5, 5.41) is 5.10. The summed E-state index contributed by atoms with van der Waals surface area (Å²) in [7, 11) is 0. The van der Waals surface area contributed by atoms with E-state index in [9.17, 15) is 14.4 Å². The third kappa shape index (κ3) is 4.21. The first-order valence-electron chi connectivity index (χ1n) is 9.81. The van der Waals surface area contributed by atoms with Crippen molar-refractivity contribution in [1.29, 1.82) is 0 Å². The second-order valence-corrected chi connectivity index (χ2v) is 7.24. The molecule has 0 bridgehead atoms. The summed E-state index contributed by atoms with van der Waals surface area (Å²) in [5.41, 5.74) is 6.58. The van der Waals surface area contributed by atoms with Crippen LogP contribution in [-0.2, 0) is 6.54 Å². The first-order valence-corrected chi connectivity index (χ1v) is 10.2. The SMILES string of the molecule is CCn1nc(C(=O)NNC(=O)c2cc(-c3ccccc3Cl)nc3ccccc23)ccc1=O. The van der Waals surface area contributed by atoms with Crippen LogP contribution in [0.4, 0.5) is 0 Å². The summed E-state index contributed by atoms with van der Waals surface area (Å²) in [6.07, 6.45) is 0. The minimum Gasteiger partial charge on any atom is -0.268 e. The molecule has 32 heavy (non-hydrogen) atoms. The van der Waals surface area contributed by atoms with E-state index in [1.807, 2.05) is 24.3 Å². The van der Waals surface area contributed by atoms with Crippen molar-refractivity contribution < 1.29 is 9.59 Å². The number of nitrogens with zero attached hydrogens (tertiary/aromatic N) is 3. The van der Waals surface area contributed by atoms with Gasteiger partial charge in [0, 0.05) is 28.6 Å². The molecule has 0 spiro atoms. The molecule has 0 radical (unpaired) electrons. The number of benzene rings is 2. The largest absolute Gasteiger partial charge is 0.290 e. The standard InChI is InChI=1S/C23H18ClN5O3/c1-2-29-21(30)12-11-19(28-29)23(32)27-26-22(31)16-13-20(15-8-3-5-9-17(15)24)25-18-10-6-4-7-14(16)18/h3-13H,2H2,1H3,(H,26,31)(H,27,32). The second-order valence-electron chi connectivity index (χ2n) is 6.83. The molecule has 4 aromatic rings. The Morgan fingerprint density at radius 1 is 0.969 bits per heavy atom. The predicted octanol–water partition coefficient (Wildman–Crippen LogP) is 3.21. The number of nitrogens with one attached hydrogen (secondary N) is 2. The van der Waals surface area contributed by atoms with Crippen molar-refractivity contribution in [2.75, 3.05) is 0 Å². The highest BCUT2D eigenvalue weighted by molar-refractivity contribution is 6.33. The normalized spacial score (nSPS) is 10.7. The fraction of sp³-hybridized carbons (Fsp3) is 0.0870. The van der Waals surface area contributed by atoms with Gasteiger partial charge in [0.1, 0.15) is 0 Å². The number of carbonyl (C=O) groups is 2. The van der Waals surface area contributed by atoms with Crippen LogP contribution in [0.5, 0.6) is 0 Å². The highest BCUT2D eigenvalue weighted by atomic mass is 35.5. The predicted molar refractivity (Wildman–Crippen MR) is 121 cm³/mol. The maximum atomic E-state index is 13.0. The lowest BCUT2D eigenvalue weighted by Crippen LogP contribution is -2.42. The molecule has 0 aliphatic heterocycles. The monoisotopic (exact) mass is 447 g/mol. The van der Waals surface area contributed by atoms with Gasteiger partial charge in [0.05, 0.1) is 16.8 Å². The van der Waals surface area contributed by atoms with Crippen LogP contribution in [0.15, 0.2) is 71.5 Å². The fourth-order valence-electron chi connectivity index (χ4n) is 3.21. The molecule has 2 heterocycles. The number of hydrazine groups is 1. The van der Waals surface area contributed by atoms with Crippen LogP contribution in [0.25, 0.3) is 22.2 Å². The molecule has 4 rings (SSSR count). The van der Waals surface area contributed by atoms with Crippen molar-refractivity contribution in [2.24, 2.45) is 0 Å². The maximum Gasteiger partial charge on any atom is 0.290 e. The van der Waals surface area contributed by atoms with E-state index in [1.165, 1.54) is 12.1 Å². The summed E-state index contributed by atoms with van der Waals surface area (Å²) in [5.74, 6) is -1.18. The Balaban J connectivity index is 1.64. The number of pyridine rings is 1. The minimum absolute atomic E-state index is 0.00286. The van der Waals surface area contributed by atoms with Gasteiger partial charge < -0.3 is 0 Å². The van der Waals surface area contributed by atoms with Gasteiger partial charge in [-0.05, 0) is 31.2 Å². The Morgan fingerprint density at radius 3 is 2.47 bits per heavy atom. The van der Waals surface area contributed by atoms with Crippen LogP contribution in [0, 0.1) is 0 Å². The van der Waals surface area contributed by atoms with Gasteiger partial charge in [0.25, 0.3) is 17.4 Å². The molecule has 160 valence electrons. The molecule has 2 aromatic carbocycles. The van der Waals surface area contributed by atoms with Gasteiger partial charge >= 0.3 is 0 Å². The average Bonchev–Trinajstić information content (AvgIpc) is 2.82. The molecule has 0 saturated carbocycles. The lowest BCUT2D eigenvalue weighted by atomic mass is 10.0. The molecular weight excluding hydrogens is 430 g/mol. The topological polar surface area (TPSA) is 106 Å². The third-order valence-electron chi connectivity index (χ3n) is 4.80. The summed E-state index contributed by atoms with van der Waals surface area (Å²) in [6.45, 7) is 2.06. The number of amides is 2. The fourth-order valence-corrected chi connectivity index (χ4v) is 3.44. The molecular formula is C23H18ClN5O3. The quantitative estimate of drug-likeness (QED) is 0.467. The molecule has 0 unspecified atom stereocenters. The zero-order chi connectivity index (χ0) is 22.7. The number of fused-ring (bicyclic) bond motifs is 1. The Hall–Kier alpha value is -4.04. The molecule has 2 amide bonds. The molecule has 0 saturated heterocycles. The molecule has 8 nitrogen and oxygen atoms in total. The van der Waals surface area contributed by atoms with Crippen molar-refractivity contribution in [3.05, 3.63) is 93.4 Å². The molecule has 0 aliphatic carbocycles. The zero-order valence-electron chi connectivity index (χ0n) is 17.0. The van der Waals surface area contributed by atoms with Crippen LogP contribution >= 0.6 is 11.6 Å². The lowest BCUT2D eigenvalue weighted by molar-refractivity contribution is 0.0843. The number of rotatable bonds is 4. The third-order valence-corrected chi connectivity index (χ3v) is 5.13. The van der Waals surface area contributed by atoms with Crippen LogP contribution < -0.4 is 16.4 Å². The lowest BCUT2D eigenvalue weighted by Gasteiger charge is -2.12. The number of hydrogen-bond acceptors (Lipinski definition) is 5. The van der Waals surface area contributed by atoms with Crippen LogP contribution in [0.3, 0.4) is 0 Å². The van der Waals surface area contributed by atoms with Gasteiger partial charge in [0.2, 0.25) is 0 Å². The van der Waals surface area contributed by atoms with E-state index in [-0.39, 0.29) is 11.3 Å². The van der Waals surface area contributed by atoms with Crippen molar-refractivity contribution in [2.45, 2.75) is 13.5 Å². The Bertz CT molecular complexity index is 1400. The molecule has 2 N–H and O–H groups in total. The highest BCUT2D eigenvalue weighted by Gasteiger charge is 2.17. The first-order chi connectivity index (χ1) is 15.5. The Morgan fingerprint density at radius 2 is 1.69 bits per heavy atom. The van der Waals surface area contributed by atoms with Gasteiger partial charge in [-0.3, -0.25) is 25.2 Å². The maximum absolute atomic E-state index is 13.0. The number of hydrogen-bond donors (Lipinski definition) is 2. The van der Waals surface area contributed by atoms with Crippen molar-refractivity contribution >= 4 is 34.3 Å². The first kappa shape index (κ1) is 21.2. The number of aryl methyl sites for hydroxylation is 1. The number of aromatic nitrogens is 3. The van der Waals surface area contributed by atoms with Crippen LogP contribution in [0.1, 0.15) is 27.8 Å². The van der Waals surface area contributed by atoms with Crippen molar-refractivity contribution in [3.8, 4) is 11.3 Å². The van der Waals surface area contributed by atoms with E-state index in [1.54, 1.807) is 37.3 Å². The van der Waals surface area contributed by atoms with E-state index >= 15 is 0 Å². The summed E-state index contributed by atoms with van der Waals surface area (Å²) < 4.78 is 1.16. The minimum atomic E-state index is -0.648. The molecule has 0 atom stereocenters. The summed E-state index contributed by atoms with van der Waals surface area (Å²) >= 11 is 6.32. The van der Waals surface area contributed by atoms with E-state index in [0.29, 0.717) is 39.3 Å². The van der Waals surface area contributed by atoms with E-state index < -0.39 is 11.8 Å². The smallest absolute Gasteiger partial charge is 0.268 e. The van der Waals surface area contributed by atoms with Crippen LogP contribution in [-0.4, -0.2) is 26.6 Å². The Labute approximate surface area is 187 Å². The van der Waals surface area contributed by atoms with Crippen LogP contribution in [0.2, 0.25) is 5.02 Å². The second kappa shape index (κ2) is 8.99. The van der Waals surface area contributed by atoms with Gasteiger partial charge in [-0.25, -0.2) is 9.67 Å². The molecule has 0 fully saturated rings. The van der Waals surface area contributed by atoms with Gasteiger partial charge in [0.15, 0.2) is 5.69 Å². The zero-order valence-corrected chi connectivity index (χ0v) is 17.8. The van der Waals surface area contributed by atoms with E-state index in [2.05, 4.69) is 20.9 Å².